The van der Waals surface area contributed by atoms with E-state index in [2.05, 4.69) is 53.7 Å². The van der Waals surface area contributed by atoms with Crippen LogP contribution in [0.3, 0.4) is 0 Å². The average Bonchev–Trinajstić information content (AvgIpc) is 2.44. The molecule has 0 saturated carbocycles. The van der Waals surface area contributed by atoms with Gasteiger partial charge in [0.2, 0.25) is 0 Å². The van der Waals surface area contributed by atoms with E-state index in [0.29, 0.717) is 17.8 Å². The van der Waals surface area contributed by atoms with E-state index in [-0.39, 0.29) is 0 Å². The molecule has 3 unspecified atom stereocenters. The van der Waals surface area contributed by atoms with Gasteiger partial charge in [0, 0.05) is 10.2 Å². The Kier molecular flexibility index (Phi) is 6.32. The molecule has 0 aromatic heterocycles. The van der Waals surface area contributed by atoms with Gasteiger partial charge in [-0.25, -0.2) is 0 Å². The summed E-state index contributed by atoms with van der Waals surface area (Å²) >= 11 is 0. The van der Waals surface area contributed by atoms with E-state index in [1.807, 2.05) is 0 Å². The van der Waals surface area contributed by atoms with Crippen LogP contribution in [-0.2, 0) is 0 Å². The van der Waals surface area contributed by atoms with Crippen LogP contribution in [0.15, 0.2) is 12.1 Å². The fraction of sp³-hybridized carbons (Fsp3) is 0.667. The fourth-order valence-electron chi connectivity index (χ4n) is 3.02. The second-order valence-electron chi connectivity index (χ2n) is 6.23. The van der Waals surface area contributed by atoms with Crippen LogP contribution in [-0.4, -0.2) is 10.2 Å². The highest BCUT2D eigenvalue weighted by Gasteiger charge is 2.21. The first-order valence-electron chi connectivity index (χ1n) is 8.10. The van der Waals surface area contributed by atoms with Crippen LogP contribution >= 0.6 is 0 Å². The van der Waals surface area contributed by atoms with E-state index < -0.39 is 0 Å². The molecule has 0 aliphatic rings. The van der Waals surface area contributed by atoms with Crippen LogP contribution in [0, 0.1) is 0 Å². The molecule has 0 spiro atoms. The molecule has 0 heterocycles. The lowest BCUT2D eigenvalue weighted by Gasteiger charge is -2.27. The van der Waals surface area contributed by atoms with Crippen molar-refractivity contribution in [2.45, 2.75) is 78.6 Å². The van der Waals surface area contributed by atoms with Gasteiger partial charge in [0.25, 0.3) is 0 Å². The summed E-state index contributed by atoms with van der Waals surface area (Å²) in [6, 6.07) is 4.82. The molecule has 0 nitrogen and oxygen atoms in total. The number of hydrogen-bond donors (Lipinski definition) is 0. The van der Waals surface area contributed by atoms with Gasteiger partial charge in [-0.3, -0.25) is 0 Å². The minimum Gasteiger partial charge on any atom is -0.0671 e. The van der Waals surface area contributed by atoms with Crippen LogP contribution in [0.25, 0.3) is 0 Å². The van der Waals surface area contributed by atoms with E-state index in [1.165, 1.54) is 29.5 Å². The Balaban J connectivity index is 3.49. The maximum absolute atomic E-state index is 2.42. The van der Waals surface area contributed by atoms with Crippen molar-refractivity contribution in [3.63, 3.8) is 0 Å². The molecular weight excluding hydrogens is 244 g/mol. The van der Waals surface area contributed by atoms with Crippen molar-refractivity contribution >= 4 is 15.4 Å². The minimum absolute atomic E-state index is 0.689. The van der Waals surface area contributed by atoms with E-state index in [4.69, 9.17) is 0 Å². The average molecular weight is 277 g/mol. The van der Waals surface area contributed by atoms with Gasteiger partial charge in [0.1, 0.15) is 0 Å². The standard InChI is InChI=1S/C18H32Si/c1-7-12(4)15-10-11-16(19)18(14(6)9-3)17(15)13(5)8-2/h10-14H,7-9H2,1-6,19H3. The Labute approximate surface area is 123 Å². The van der Waals surface area contributed by atoms with Crippen molar-refractivity contribution < 1.29 is 0 Å². The van der Waals surface area contributed by atoms with Gasteiger partial charge >= 0.3 is 0 Å². The summed E-state index contributed by atoms with van der Waals surface area (Å²) < 4.78 is 0. The second kappa shape index (κ2) is 7.28. The zero-order chi connectivity index (χ0) is 14.6. The quantitative estimate of drug-likeness (QED) is 0.683. The predicted molar refractivity (Wildman–Crippen MR) is 92.1 cm³/mol. The third kappa shape index (κ3) is 3.50. The number of benzene rings is 1. The summed E-state index contributed by atoms with van der Waals surface area (Å²) in [5.41, 5.74) is 5.01. The van der Waals surface area contributed by atoms with Gasteiger partial charge in [-0.2, -0.15) is 0 Å². The highest BCUT2D eigenvalue weighted by molar-refractivity contribution is 6.33. The molecule has 0 amide bonds. The molecule has 0 N–H and O–H groups in total. The van der Waals surface area contributed by atoms with Gasteiger partial charge < -0.3 is 0 Å². The Hall–Kier alpha value is -0.563. The molecule has 1 rings (SSSR count). The maximum atomic E-state index is 2.42. The summed E-state index contributed by atoms with van der Waals surface area (Å²) in [5, 5.41) is 1.62. The first-order chi connectivity index (χ1) is 8.97. The molecule has 0 aliphatic carbocycles. The third-order valence-corrected chi connectivity index (χ3v) is 5.76. The zero-order valence-corrected chi connectivity index (χ0v) is 16.0. The van der Waals surface area contributed by atoms with Crippen molar-refractivity contribution in [1.82, 2.24) is 0 Å². The van der Waals surface area contributed by atoms with Crippen LogP contribution in [0.1, 0.15) is 95.2 Å². The molecule has 0 bridgehead atoms. The third-order valence-electron chi connectivity index (χ3n) is 4.89. The van der Waals surface area contributed by atoms with Gasteiger partial charge in [-0.05, 0) is 53.7 Å². The molecule has 0 aliphatic heterocycles. The Bertz CT molecular complexity index is 408. The molecule has 0 saturated heterocycles. The lowest BCUT2D eigenvalue weighted by atomic mass is 9.80. The van der Waals surface area contributed by atoms with Crippen molar-refractivity contribution in [2.75, 3.05) is 0 Å². The van der Waals surface area contributed by atoms with Crippen LogP contribution < -0.4 is 5.19 Å². The summed E-state index contributed by atoms with van der Waals surface area (Å²) in [7, 11) is 1.17. The first-order valence-corrected chi connectivity index (χ1v) is 9.10. The molecule has 1 aromatic rings. The highest BCUT2D eigenvalue weighted by atomic mass is 28.1. The maximum Gasteiger partial charge on any atom is 0.0388 e. The van der Waals surface area contributed by atoms with Crippen molar-refractivity contribution in [2.24, 2.45) is 0 Å². The number of hydrogen-bond acceptors (Lipinski definition) is 0. The van der Waals surface area contributed by atoms with E-state index in [9.17, 15) is 0 Å². The predicted octanol–water partition coefficient (Wildman–Crippen LogP) is 4.22. The Morgan fingerprint density at radius 2 is 1.26 bits per heavy atom. The van der Waals surface area contributed by atoms with Crippen molar-refractivity contribution in [1.29, 1.82) is 0 Å². The van der Waals surface area contributed by atoms with E-state index in [0.717, 1.165) is 0 Å². The van der Waals surface area contributed by atoms with Gasteiger partial charge in [-0.15, -0.1) is 0 Å². The molecule has 108 valence electrons. The largest absolute Gasteiger partial charge is 0.0671 e. The van der Waals surface area contributed by atoms with Gasteiger partial charge in [-0.1, -0.05) is 58.9 Å². The first kappa shape index (κ1) is 16.5. The van der Waals surface area contributed by atoms with E-state index in [1.54, 1.807) is 21.9 Å². The van der Waals surface area contributed by atoms with Crippen LogP contribution in [0.4, 0.5) is 0 Å². The molecule has 1 heteroatoms. The lowest BCUT2D eigenvalue weighted by Crippen LogP contribution is -2.20. The monoisotopic (exact) mass is 276 g/mol. The summed E-state index contributed by atoms with van der Waals surface area (Å²) in [5.74, 6) is 2.09. The molecule has 0 fully saturated rings. The van der Waals surface area contributed by atoms with Crippen molar-refractivity contribution in [3.8, 4) is 0 Å². The fourth-order valence-corrected chi connectivity index (χ4v) is 3.95. The Morgan fingerprint density at radius 1 is 0.789 bits per heavy atom. The lowest BCUT2D eigenvalue weighted by molar-refractivity contribution is 0.647. The normalized spacial score (nSPS) is 16.3. The summed E-state index contributed by atoms with van der Waals surface area (Å²) in [6.07, 6.45) is 3.74. The number of rotatable bonds is 6. The zero-order valence-electron chi connectivity index (χ0n) is 14.0. The summed E-state index contributed by atoms with van der Waals surface area (Å²) in [6.45, 7) is 14.2. The summed E-state index contributed by atoms with van der Waals surface area (Å²) in [4.78, 5) is 0. The van der Waals surface area contributed by atoms with Crippen LogP contribution in [0.2, 0.25) is 0 Å². The van der Waals surface area contributed by atoms with Crippen molar-refractivity contribution in [3.05, 3.63) is 28.8 Å². The molecule has 0 radical (unpaired) electrons. The molecule has 3 atom stereocenters. The van der Waals surface area contributed by atoms with Crippen LogP contribution in [0.5, 0.6) is 0 Å². The SMILES string of the molecule is CCC(C)c1ccc([SiH3])c(C(C)CC)c1C(C)CC. The molecule has 19 heavy (non-hydrogen) atoms. The van der Waals surface area contributed by atoms with Gasteiger partial charge in [0.15, 0.2) is 0 Å². The minimum atomic E-state index is 0.689. The molecule has 1 aromatic carbocycles. The van der Waals surface area contributed by atoms with Gasteiger partial charge in [0.05, 0.1) is 0 Å². The topological polar surface area (TPSA) is 0 Å². The Morgan fingerprint density at radius 3 is 1.74 bits per heavy atom. The second-order valence-corrected chi connectivity index (χ2v) is 7.30. The molecular formula is C18H32Si. The highest BCUT2D eigenvalue weighted by Crippen LogP contribution is 2.35. The smallest absolute Gasteiger partial charge is 0.0388 e. The van der Waals surface area contributed by atoms with E-state index >= 15 is 0 Å².